The molecule has 0 radical (unpaired) electrons. The number of hydrogen-bond donors (Lipinski definition) is 2. The molecule has 0 fully saturated rings. The van der Waals surface area contributed by atoms with Crippen LogP contribution in [0.1, 0.15) is 22.4 Å². The summed E-state index contributed by atoms with van der Waals surface area (Å²) in [7, 11) is 2.05. The van der Waals surface area contributed by atoms with Gasteiger partial charge in [-0.3, -0.25) is 15.3 Å². The van der Waals surface area contributed by atoms with Gasteiger partial charge in [0.25, 0.3) is 0 Å². The highest BCUT2D eigenvalue weighted by Crippen LogP contribution is 2.11. The third kappa shape index (κ3) is 3.65. The lowest BCUT2D eigenvalue weighted by atomic mass is 10.1. The quantitative estimate of drug-likeness (QED) is 0.646. The van der Waals surface area contributed by atoms with Crippen molar-refractivity contribution in [3.05, 3.63) is 65.0 Å². The number of benzene rings is 1. The summed E-state index contributed by atoms with van der Waals surface area (Å²) < 4.78 is 0. The average Bonchev–Trinajstić information content (AvgIpc) is 2.38. The highest BCUT2D eigenvalue weighted by atomic mass is 15.1. The number of nitrogens with two attached hydrogens (primary N) is 1. The Morgan fingerprint density at radius 1 is 1.25 bits per heavy atom. The SMILES string of the molecule is Cc1cccc(CN(C)Cc2cccnc2C(=N)N)c1. The van der Waals surface area contributed by atoms with Crippen LogP contribution in [-0.4, -0.2) is 22.8 Å². The molecule has 0 aliphatic rings. The van der Waals surface area contributed by atoms with Gasteiger partial charge in [0.1, 0.15) is 11.5 Å². The largest absolute Gasteiger partial charge is 0.382 e. The van der Waals surface area contributed by atoms with Crippen molar-refractivity contribution in [2.24, 2.45) is 5.73 Å². The lowest BCUT2D eigenvalue weighted by molar-refractivity contribution is 0.318. The number of hydrogen-bond acceptors (Lipinski definition) is 3. The Morgan fingerprint density at radius 2 is 2.05 bits per heavy atom. The van der Waals surface area contributed by atoms with Crippen LogP contribution in [0.25, 0.3) is 0 Å². The van der Waals surface area contributed by atoms with Crippen LogP contribution in [0.4, 0.5) is 0 Å². The first-order chi connectivity index (χ1) is 9.56. The number of nitrogen functional groups attached to an aromatic ring is 1. The van der Waals surface area contributed by atoms with Gasteiger partial charge in [0.2, 0.25) is 0 Å². The van der Waals surface area contributed by atoms with E-state index in [9.17, 15) is 0 Å². The molecule has 0 saturated heterocycles. The molecule has 4 heteroatoms. The van der Waals surface area contributed by atoms with Gasteiger partial charge in [0.05, 0.1) is 0 Å². The van der Waals surface area contributed by atoms with Crippen LogP contribution in [0, 0.1) is 12.3 Å². The monoisotopic (exact) mass is 268 g/mol. The molecule has 0 atom stereocenters. The Labute approximate surface area is 119 Å². The summed E-state index contributed by atoms with van der Waals surface area (Å²) in [6, 6.07) is 12.3. The molecule has 1 aromatic heterocycles. The second-order valence-corrected chi connectivity index (χ2v) is 5.09. The molecule has 0 saturated carbocycles. The average molecular weight is 268 g/mol. The van der Waals surface area contributed by atoms with Crippen molar-refractivity contribution in [3.63, 3.8) is 0 Å². The maximum absolute atomic E-state index is 7.57. The minimum atomic E-state index is 0.0181. The van der Waals surface area contributed by atoms with Crippen LogP contribution in [0.2, 0.25) is 0 Å². The number of aryl methyl sites for hydroxylation is 1. The molecular formula is C16H20N4. The Balaban J connectivity index is 2.08. The van der Waals surface area contributed by atoms with E-state index in [-0.39, 0.29) is 5.84 Å². The van der Waals surface area contributed by atoms with E-state index in [2.05, 4.69) is 48.1 Å². The molecule has 2 rings (SSSR count). The van der Waals surface area contributed by atoms with Crippen molar-refractivity contribution in [1.29, 1.82) is 5.41 Å². The summed E-state index contributed by atoms with van der Waals surface area (Å²) in [6.45, 7) is 3.67. The van der Waals surface area contributed by atoms with E-state index in [0.29, 0.717) is 5.69 Å². The normalized spacial score (nSPS) is 10.8. The fourth-order valence-corrected chi connectivity index (χ4v) is 2.28. The van der Waals surface area contributed by atoms with Gasteiger partial charge >= 0.3 is 0 Å². The molecule has 3 N–H and O–H groups in total. The molecule has 4 nitrogen and oxygen atoms in total. The van der Waals surface area contributed by atoms with Gasteiger partial charge in [-0.2, -0.15) is 0 Å². The predicted molar refractivity (Wildman–Crippen MR) is 81.6 cm³/mol. The molecule has 1 heterocycles. The van der Waals surface area contributed by atoms with Crippen LogP contribution in [0.15, 0.2) is 42.6 Å². The van der Waals surface area contributed by atoms with E-state index >= 15 is 0 Å². The van der Waals surface area contributed by atoms with Crippen LogP contribution in [0.5, 0.6) is 0 Å². The molecule has 104 valence electrons. The highest BCUT2D eigenvalue weighted by molar-refractivity contribution is 5.94. The maximum atomic E-state index is 7.57. The lowest BCUT2D eigenvalue weighted by Crippen LogP contribution is -2.22. The van der Waals surface area contributed by atoms with Gasteiger partial charge in [0.15, 0.2) is 0 Å². The third-order valence-electron chi connectivity index (χ3n) is 3.12. The summed E-state index contributed by atoms with van der Waals surface area (Å²) in [4.78, 5) is 6.37. The van der Waals surface area contributed by atoms with Gasteiger partial charge in [0, 0.05) is 19.3 Å². The standard InChI is InChI=1S/C16H20N4/c1-12-5-3-6-13(9-12)10-20(2)11-14-7-4-8-19-15(14)16(17)18/h3-9H,10-11H2,1-2H3,(H3,17,18). The summed E-state index contributed by atoms with van der Waals surface area (Å²) in [5.41, 5.74) is 9.66. The summed E-state index contributed by atoms with van der Waals surface area (Å²) in [5, 5.41) is 7.57. The van der Waals surface area contributed by atoms with Crippen molar-refractivity contribution >= 4 is 5.84 Å². The van der Waals surface area contributed by atoms with Crippen LogP contribution in [0.3, 0.4) is 0 Å². The van der Waals surface area contributed by atoms with Gasteiger partial charge in [-0.05, 0) is 31.2 Å². The molecular weight excluding hydrogens is 248 g/mol. The molecule has 0 bridgehead atoms. The smallest absolute Gasteiger partial charge is 0.142 e. The van der Waals surface area contributed by atoms with E-state index in [0.717, 1.165) is 18.7 Å². The molecule has 0 aliphatic heterocycles. The van der Waals surface area contributed by atoms with Gasteiger partial charge in [-0.1, -0.05) is 35.9 Å². The van der Waals surface area contributed by atoms with Crippen molar-refractivity contribution in [2.75, 3.05) is 7.05 Å². The van der Waals surface area contributed by atoms with Crippen LogP contribution < -0.4 is 5.73 Å². The second-order valence-electron chi connectivity index (χ2n) is 5.09. The van der Waals surface area contributed by atoms with Crippen molar-refractivity contribution < 1.29 is 0 Å². The fourth-order valence-electron chi connectivity index (χ4n) is 2.28. The summed E-state index contributed by atoms with van der Waals surface area (Å²) >= 11 is 0. The fraction of sp³-hybridized carbons (Fsp3) is 0.250. The number of nitrogens with one attached hydrogen (secondary N) is 1. The Kier molecular flexibility index (Phi) is 4.48. The molecule has 0 unspecified atom stereocenters. The number of rotatable bonds is 5. The summed E-state index contributed by atoms with van der Waals surface area (Å²) in [6.07, 6.45) is 1.67. The zero-order valence-corrected chi connectivity index (χ0v) is 11.9. The minimum absolute atomic E-state index is 0.0181. The molecule has 1 aromatic carbocycles. The highest BCUT2D eigenvalue weighted by Gasteiger charge is 2.09. The van der Waals surface area contributed by atoms with E-state index in [1.807, 2.05) is 12.1 Å². The Bertz CT molecular complexity index is 607. The first-order valence-corrected chi connectivity index (χ1v) is 6.58. The van der Waals surface area contributed by atoms with Crippen LogP contribution in [-0.2, 0) is 13.1 Å². The third-order valence-corrected chi connectivity index (χ3v) is 3.12. The molecule has 0 amide bonds. The molecule has 2 aromatic rings. The molecule has 0 aliphatic carbocycles. The lowest BCUT2D eigenvalue weighted by Gasteiger charge is -2.18. The van der Waals surface area contributed by atoms with E-state index in [1.165, 1.54) is 11.1 Å². The van der Waals surface area contributed by atoms with Crippen LogP contribution >= 0.6 is 0 Å². The zero-order chi connectivity index (χ0) is 14.5. The predicted octanol–water partition coefficient (Wildman–Crippen LogP) is 2.31. The van der Waals surface area contributed by atoms with E-state index in [4.69, 9.17) is 11.1 Å². The number of pyridine rings is 1. The van der Waals surface area contributed by atoms with Crippen molar-refractivity contribution in [2.45, 2.75) is 20.0 Å². The van der Waals surface area contributed by atoms with E-state index < -0.39 is 0 Å². The number of amidine groups is 1. The second kappa shape index (κ2) is 6.30. The first kappa shape index (κ1) is 14.2. The maximum Gasteiger partial charge on any atom is 0.142 e. The van der Waals surface area contributed by atoms with E-state index in [1.54, 1.807) is 6.20 Å². The van der Waals surface area contributed by atoms with Crippen molar-refractivity contribution in [1.82, 2.24) is 9.88 Å². The van der Waals surface area contributed by atoms with Gasteiger partial charge in [-0.15, -0.1) is 0 Å². The number of aromatic nitrogens is 1. The first-order valence-electron chi connectivity index (χ1n) is 6.58. The minimum Gasteiger partial charge on any atom is -0.382 e. The Morgan fingerprint density at radius 3 is 2.75 bits per heavy atom. The summed E-state index contributed by atoms with van der Waals surface area (Å²) in [5.74, 6) is 0.0181. The number of nitrogens with zero attached hydrogens (tertiary/aromatic N) is 2. The molecule has 20 heavy (non-hydrogen) atoms. The van der Waals surface area contributed by atoms with Crippen molar-refractivity contribution in [3.8, 4) is 0 Å². The van der Waals surface area contributed by atoms with Gasteiger partial charge in [-0.25, -0.2) is 0 Å². The zero-order valence-electron chi connectivity index (χ0n) is 11.9. The van der Waals surface area contributed by atoms with Gasteiger partial charge < -0.3 is 5.73 Å². The molecule has 0 spiro atoms. The topological polar surface area (TPSA) is 66.0 Å². The Hall–Kier alpha value is -2.20.